The van der Waals surface area contributed by atoms with Crippen molar-refractivity contribution in [2.24, 2.45) is 0 Å². The van der Waals surface area contributed by atoms with E-state index in [4.69, 9.17) is 0 Å². The van der Waals surface area contributed by atoms with E-state index in [9.17, 15) is 18.0 Å². The van der Waals surface area contributed by atoms with Gasteiger partial charge in [-0.15, -0.1) is 0 Å². The van der Waals surface area contributed by atoms with Crippen LogP contribution in [0.2, 0.25) is 0 Å². The van der Waals surface area contributed by atoms with Crippen molar-refractivity contribution in [2.75, 3.05) is 19.1 Å². The van der Waals surface area contributed by atoms with Crippen molar-refractivity contribution < 1.29 is 22.7 Å². The Morgan fingerprint density at radius 1 is 1.38 bits per heavy atom. The van der Waals surface area contributed by atoms with Gasteiger partial charge in [0.1, 0.15) is 15.9 Å². The molecule has 1 aromatic rings. The third-order valence-electron chi connectivity index (χ3n) is 2.66. The summed E-state index contributed by atoms with van der Waals surface area (Å²) in [6.07, 6.45) is 1.03. The van der Waals surface area contributed by atoms with Crippen LogP contribution in [0.15, 0.2) is 28.7 Å². The molecule has 0 aliphatic carbocycles. The lowest BCUT2D eigenvalue weighted by atomic mass is 10.1. The molecule has 0 fully saturated rings. The second kappa shape index (κ2) is 7.56. The predicted molar refractivity (Wildman–Crippen MR) is 81.7 cm³/mol. The van der Waals surface area contributed by atoms with E-state index >= 15 is 0 Å². The van der Waals surface area contributed by atoms with Gasteiger partial charge in [-0.1, -0.05) is 22.0 Å². The van der Waals surface area contributed by atoms with Gasteiger partial charge in [-0.05, 0) is 24.6 Å². The number of benzene rings is 1. The molecule has 1 N–H and O–H groups in total. The van der Waals surface area contributed by atoms with Gasteiger partial charge in [-0.2, -0.15) is 0 Å². The lowest BCUT2D eigenvalue weighted by Crippen LogP contribution is -2.42. The highest BCUT2D eigenvalue weighted by atomic mass is 79.9. The largest absolute Gasteiger partial charge is 0.467 e. The normalized spacial score (nSPS) is 12.5. The Labute approximate surface area is 131 Å². The molecular formula is C13H16BrNO5S. The average Bonchev–Trinajstić information content (AvgIpc) is 2.41. The zero-order chi connectivity index (χ0) is 16.0. The number of carbonyl (C=O) groups excluding carboxylic acids is 2. The number of hydrogen-bond acceptors (Lipinski definition) is 5. The van der Waals surface area contributed by atoms with Crippen LogP contribution in [0.3, 0.4) is 0 Å². The van der Waals surface area contributed by atoms with Crippen molar-refractivity contribution in [3.8, 4) is 0 Å². The molecule has 0 saturated carbocycles. The van der Waals surface area contributed by atoms with Crippen molar-refractivity contribution in [3.63, 3.8) is 0 Å². The first kappa shape index (κ1) is 17.6. The third-order valence-corrected chi connectivity index (χ3v) is 4.13. The molecule has 1 atom stereocenters. The van der Waals surface area contributed by atoms with Gasteiger partial charge < -0.3 is 10.1 Å². The van der Waals surface area contributed by atoms with Crippen LogP contribution in [0.1, 0.15) is 16.8 Å². The van der Waals surface area contributed by atoms with Gasteiger partial charge in [0.15, 0.2) is 0 Å². The van der Waals surface area contributed by atoms with Crippen LogP contribution in [-0.4, -0.2) is 45.5 Å². The Morgan fingerprint density at radius 2 is 2.05 bits per heavy atom. The van der Waals surface area contributed by atoms with E-state index < -0.39 is 27.8 Å². The summed E-state index contributed by atoms with van der Waals surface area (Å²) in [5.74, 6) is -1.37. The molecule has 0 bridgehead atoms. The molecule has 1 aromatic carbocycles. The Hall–Kier alpha value is -1.41. The number of halogens is 1. The summed E-state index contributed by atoms with van der Waals surface area (Å²) in [6, 6.07) is 5.63. The predicted octanol–water partition coefficient (Wildman–Crippen LogP) is 1.16. The second-order valence-corrected chi connectivity index (χ2v) is 7.65. The Bertz CT molecular complexity index is 629. The average molecular weight is 378 g/mol. The maximum atomic E-state index is 12.1. The number of sulfone groups is 1. The molecule has 1 rings (SSSR count). The van der Waals surface area contributed by atoms with Crippen molar-refractivity contribution in [1.29, 1.82) is 0 Å². The van der Waals surface area contributed by atoms with Gasteiger partial charge in [0.25, 0.3) is 5.91 Å². The Balaban J connectivity index is 2.81. The van der Waals surface area contributed by atoms with E-state index in [1.165, 1.54) is 7.11 Å². The molecule has 116 valence electrons. The summed E-state index contributed by atoms with van der Waals surface area (Å²) in [5.41, 5.74) is 0.359. The van der Waals surface area contributed by atoms with Crippen molar-refractivity contribution in [3.05, 3.63) is 34.3 Å². The van der Waals surface area contributed by atoms with E-state index in [0.717, 1.165) is 10.7 Å². The number of amides is 1. The lowest BCUT2D eigenvalue weighted by molar-refractivity contribution is -0.142. The fourth-order valence-corrected chi connectivity index (χ4v) is 2.66. The molecule has 0 spiro atoms. The van der Waals surface area contributed by atoms with Crippen LogP contribution in [0.25, 0.3) is 0 Å². The smallest absolute Gasteiger partial charge is 0.328 e. The highest BCUT2D eigenvalue weighted by Gasteiger charge is 2.23. The van der Waals surface area contributed by atoms with E-state index in [2.05, 4.69) is 26.0 Å². The van der Waals surface area contributed by atoms with Gasteiger partial charge >= 0.3 is 5.97 Å². The van der Waals surface area contributed by atoms with Gasteiger partial charge in [0.05, 0.1) is 12.9 Å². The first-order valence-electron chi connectivity index (χ1n) is 6.05. The number of rotatable bonds is 6. The minimum Gasteiger partial charge on any atom is -0.467 e. The SMILES string of the molecule is COC(=O)[C@H](CCS(C)(=O)=O)NC(=O)c1cccc(Br)c1. The van der Waals surface area contributed by atoms with E-state index in [1.54, 1.807) is 24.3 Å². The molecule has 0 saturated heterocycles. The summed E-state index contributed by atoms with van der Waals surface area (Å²) in [6.45, 7) is 0. The maximum Gasteiger partial charge on any atom is 0.328 e. The molecule has 0 heterocycles. The minimum absolute atomic E-state index is 0.0365. The molecule has 21 heavy (non-hydrogen) atoms. The Morgan fingerprint density at radius 3 is 2.57 bits per heavy atom. The summed E-state index contributed by atoms with van der Waals surface area (Å²) < 4.78 is 27.7. The minimum atomic E-state index is -3.23. The van der Waals surface area contributed by atoms with Crippen molar-refractivity contribution in [1.82, 2.24) is 5.32 Å². The highest BCUT2D eigenvalue weighted by molar-refractivity contribution is 9.10. The Kier molecular flexibility index (Phi) is 6.35. The monoisotopic (exact) mass is 377 g/mol. The zero-order valence-corrected chi connectivity index (χ0v) is 14.0. The van der Waals surface area contributed by atoms with Crippen LogP contribution >= 0.6 is 15.9 Å². The van der Waals surface area contributed by atoms with Crippen molar-refractivity contribution >= 4 is 37.6 Å². The number of esters is 1. The molecule has 0 unspecified atom stereocenters. The molecule has 8 heteroatoms. The third kappa shape index (κ3) is 6.26. The number of hydrogen-bond donors (Lipinski definition) is 1. The molecule has 1 amide bonds. The second-order valence-electron chi connectivity index (χ2n) is 4.48. The molecule has 0 aliphatic rings. The van der Waals surface area contributed by atoms with Gasteiger partial charge in [0, 0.05) is 16.3 Å². The maximum absolute atomic E-state index is 12.1. The highest BCUT2D eigenvalue weighted by Crippen LogP contribution is 2.12. The van der Waals surface area contributed by atoms with Crippen LogP contribution in [0, 0.1) is 0 Å². The van der Waals surface area contributed by atoms with E-state index in [-0.39, 0.29) is 12.2 Å². The molecule has 0 aliphatic heterocycles. The first-order chi connectivity index (χ1) is 9.73. The summed E-state index contributed by atoms with van der Waals surface area (Å²) in [7, 11) is -2.05. The van der Waals surface area contributed by atoms with Crippen molar-refractivity contribution in [2.45, 2.75) is 12.5 Å². The number of nitrogens with one attached hydrogen (secondary N) is 1. The van der Waals surface area contributed by atoms with Crippen LogP contribution in [-0.2, 0) is 19.4 Å². The summed E-state index contributed by atoms with van der Waals surface area (Å²) in [5, 5.41) is 2.49. The van der Waals surface area contributed by atoms with Crippen LogP contribution in [0.4, 0.5) is 0 Å². The zero-order valence-electron chi connectivity index (χ0n) is 11.6. The van der Waals surface area contributed by atoms with E-state index in [1.807, 2.05) is 0 Å². The summed E-state index contributed by atoms with van der Waals surface area (Å²) in [4.78, 5) is 23.7. The van der Waals surface area contributed by atoms with E-state index in [0.29, 0.717) is 5.56 Å². The lowest BCUT2D eigenvalue weighted by Gasteiger charge is -2.16. The molecule has 0 radical (unpaired) electrons. The van der Waals surface area contributed by atoms with Gasteiger partial charge in [-0.3, -0.25) is 4.79 Å². The first-order valence-corrected chi connectivity index (χ1v) is 8.90. The van der Waals surface area contributed by atoms with Gasteiger partial charge in [-0.25, -0.2) is 13.2 Å². The molecule has 6 nitrogen and oxygen atoms in total. The number of methoxy groups -OCH3 is 1. The van der Waals surface area contributed by atoms with Gasteiger partial charge in [0.2, 0.25) is 0 Å². The standard InChI is InChI=1S/C13H16BrNO5S/c1-20-13(17)11(6-7-21(2,18)19)15-12(16)9-4-3-5-10(14)8-9/h3-5,8,11H,6-7H2,1-2H3,(H,15,16)/t11-/m0/s1. The topological polar surface area (TPSA) is 89.5 Å². The van der Waals surface area contributed by atoms with Crippen LogP contribution < -0.4 is 5.32 Å². The fraction of sp³-hybridized carbons (Fsp3) is 0.385. The number of carbonyl (C=O) groups is 2. The molecular weight excluding hydrogens is 362 g/mol. The quantitative estimate of drug-likeness (QED) is 0.751. The molecule has 0 aromatic heterocycles. The number of ether oxygens (including phenoxy) is 1. The van der Waals surface area contributed by atoms with Crippen LogP contribution in [0.5, 0.6) is 0 Å². The summed E-state index contributed by atoms with van der Waals surface area (Å²) >= 11 is 3.25. The fourth-order valence-electron chi connectivity index (χ4n) is 1.59.